The monoisotopic (exact) mass is 415 g/mol. The maximum absolute atomic E-state index is 13.1. The zero-order valence-electron chi connectivity index (χ0n) is 14.5. The maximum atomic E-state index is 13.1. The zero-order chi connectivity index (χ0) is 19.5. The molecule has 0 radical (unpaired) electrons. The van der Waals surface area contributed by atoms with Crippen LogP contribution >= 0.6 is 23.2 Å². The Morgan fingerprint density at radius 1 is 1.04 bits per heavy atom. The third-order valence-corrected chi connectivity index (χ3v) is 5.96. The fraction of sp³-hybridized carbons (Fsp3) is 0.278. The maximum Gasteiger partial charge on any atom is 0.409 e. The molecule has 1 unspecified atom stereocenters. The molecule has 2 aromatic carbocycles. The van der Waals surface area contributed by atoms with Gasteiger partial charge >= 0.3 is 6.09 Å². The number of alkyl carbamates (subject to hydrolysis) is 1. The summed E-state index contributed by atoms with van der Waals surface area (Å²) in [5, 5.41) is 2.76. The number of nitrogens with one attached hydrogen (secondary N) is 1. The van der Waals surface area contributed by atoms with Crippen molar-refractivity contribution in [2.75, 3.05) is 0 Å². The molecule has 0 aromatic heterocycles. The van der Waals surface area contributed by atoms with Crippen LogP contribution in [0.5, 0.6) is 0 Å². The Morgan fingerprint density at radius 3 is 2.23 bits per heavy atom. The number of benzene rings is 2. The van der Waals surface area contributed by atoms with E-state index < -0.39 is 26.9 Å². The number of halogens is 2. The van der Waals surface area contributed by atoms with Crippen LogP contribution in [0.4, 0.5) is 4.79 Å². The molecule has 8 heteroatoms. The lowest BCUT2D eigenvalue weighted by molar-refractivity contribution is 0.123. The number of ether oxygens (including phenoxy) is 1. The number of rotatable bonds is 4. The van der Waals surface area contributed by atoms with Gasteiger partial charge in [0.2, 0.25) is 15.3 Å². The van der Waals surface area contributed by atoms with Crippen molar-refractivity contribution < 1.29 is 17.9 Å². The molecule has 0 aliphatic rings. The molecule has 0 saturated carbocycles. The molecular weight excluding hydrogens is 397 g/mol. The van der Waals surface area contributed by atoms with E-state index in [9.17, 15) is 13.2 Å². The van der Waals surface area contributed by atoms with Gasteiger partial charge in [0, 0.05) is 11.1 Å². The highest BCUT2D eigenvalue weighted by molar-refractivity contribution is 7.91. The summed E-state index contributed by atoms with van der Waals surface area (Å²) in [5.41, 5.74) is -2.15. The summed E-state index contributed by atoms with van der Waals surface area (Å²) in [5.74, 6) is 0. The Kier molecular flexibility index (Phi) is 6.21. The molecule has 0 spiro atoms. The highest BCUT2D eigenvalue weighted by Crippen LogP contribution is 2.37. The first-order valence-electron chi connectivity index (χ1n) is 7.74. The van der Waals surface area contributed by atoms with Crippen molar-refractivity contribution in [1.82, 2.24) is 5.32 Å². The molecule has 1 atom stereocenters. The Balaban J connectivity index is 2.52. The van der Waals surface area contributed by atoms with Crippen LogP contribution in [0.3, 0.4) is 0 Å². The van der Waals surface area contributed by atoms with Crippen LogP contribution in [0.15, 0.2) is 53.4 Å². The first kappa shape index (κ1) is 20.6. The predicted octanol–water partition coefficient (Wildman–Crippen LogP) is 4.99. The lowest BCUT2D eigenvalue weighted by atomic mass is 10.1. The van der Waals surface area contributed by atoms with E-state index in [1.807, 2.05) is 0 Å². The van der Waals surface area contributed by atoms with Gasteiger partial charge in [-0.05, 0) is 39.0 Å². The predicted molar refractivity (Wildman–Crippen MR) is 102 cm³/mol. The number of hydrogen-bond donors (Lipinski definition) is 1. The fourth-order valence-electron chi connectivity index (χ4n) is 2.16. The van der Waals surface area contributed by atoms with E-state index in [1.54, 1.807) is 45.0 Å². The van der Waals surface area contributed by atoms with Gasteiger partial charge in [-0.3, -0.25) is 0 Å². The third-order valence-electron chi connectivity index (χ3n) is 3.28. The molecule has 2 rings (SSSR count). The molecule has 1 amide bonds. The minimum Gasteiger partial charge on any atom is -0.424 e. The van der Waals surface area contributed by atoms with Crippen LogP contribution in [0, 0.1) is 0 Å². The molecule has 0 aliphatic heterocycles. The number of carbonyl (C=O) groups excluding carboxylic acids is 1. The van der Waals surface area contributed by atoms with Gasteiger partial charge in [-0.1, -0.05) is 53.5 Å². The Bertz CT molecular complexity index is 893. The summed E-state index contributed by atoms with van der Waals surface area (Å²) in [6, 6.07) is 12.2. The second-order valence-electron chi connectivity index (χ2n) is 6.61. The number of sulfone groups is 1. The summed E-state index contributed by atoms with van der Waals surface area (Å²) in [7, 11) is -4.07. The number of amides is 1. The molecule has 0 saturated heterocycles. The zero-order valence-corrected chi connectivity index (χ0v) is 16.8. The summed E-state index contributed by atoms with van der Waals surface area (Å²) in [4.78, 5) is 12.2. The number of carbonyl (C=O) groups is 1. The molecule has 5 nitrogen and oxygen atoms in total. The average molecular weight is 416 g/mol. The first-order valence-corrected chi connectivity index (χ1v) is 10.0. The van der Waals surface area contributed by atoms with E-state index >= 15 is 0 Å². The molecule has 1 N–H and O–H groups in total. The van der Waals surface area contributed by atoms with Gasteiger partial charge in [0.05, 0.1) is 14.9 Å². The minimum atomic E-state index is -4.07. The van der Waals surface area contributed by atoms with Crippen LogP contribution in [-0.4, -0.2) is 20.0 Å². The average Bonchev–Trinajstić information content (AvgIpc) is 2.54. The van der Waals surface area contributed by atoms with Crippen molar-refractivity contribution in [3.63, 3.8) is 0 Å². The van der Waals surface area contributed by atoms with Crippen molar-refractivity contribution in [1.29, 1.82) is 0 Å². The molecular formula is C18H19Cl2NO4S. The van der Waals surface area contributed by atoms with Crippen molar-refractivity contribution in [2.24, 2.45) is 0 Å². The molecule has 0 aliphatic carbocycles. The van der Waals surface area contributed by atoms with E-state index in [2.05, 4.69) is 5.32 Å². The molecule has 140 valence electrons. The third kappa shape index (κ3) is 4.90. The highest BCUT2D eigenvalue weighted by atomic mass is 35.5. The first-order chi connectivity index (χ1) is 12.0. The Labute approximate surface area is 163 Å². The van der Waals surface area contributed by atoms with Crippen LogP contribution < -0.4 is 5.32 Å². The smallest absolute Gasteiger partial charge is 0.409 e. The van der Waals surface area contributed by atoms with Crippen LogP contribution in [-0.2, 0) is 14.6 Å². The SMILES string of the molecule is CC(C)(C)NC(=O)OC(c1cccc(Cl)c1Cl)S(=O)(=O)c1ccccc1. The Morgan fingerprint density at radius 2 is 1.65 bits per heavy atom. The van der Waals surface area contributed by atoms with Crippen molar-refractivity contribution >= 4 is 39.1 Å². The summed E-state index contributed by atoms with van der Waals surface area (Å²) in [6.07, 6.45) is -0.877. The second kappa shape index (κ2) is 7.86. The van der Waals surface area contributed by atoms with Gasteiger partial charge < -0.3 is 10.1 Å². The summed E-state index contributed by atoms with van der Waals surface area (Å²) < 4.78 is 31.5. The molecule has 0 bridgehead atoms. The van der Waals surface area contributed by atoms with E-state index in [0.29, 0.717) is 0 Å². The molecule has 2 aromatic rings. The van der Waals surface area contributed by atoms with Crippen molar-refractivity contribution in [3.8, 4) is 0 Å². The summed E-state index contributed by atoms with van der Waals surface area (Å²) >= 11 is 12.2. The quantitative estimate of drug-likeness (QED) is 0.762. The van der Waals surface area contributed by atoms with Gasteiger partial charge in [0.25, 0.3) is 0 Å². The van der Waals surface area contributed by atoms with Gasteiger partial charge in [-0.25, -0.2) is 13.2 Å². The van der Waals surface area contributed by atoms with Gasteiger partial charge in [-0.2, -0.15) is 0 Å². The lowest BCUT2D eigenvalue weighted by Crippen LogP contribution is -2.42. The van der Waals surface area contributed by atoms with Gasteiger partial charge in [0.1, 0.15) is 0 Å². The molecule has 0 heterocycles. The van der Waals surface area contributed by atoms with E-state index in [0.717, 1.165) is 0 Å². The number of hydrogen-bond acceptors (Lipinski definition) is 4. The van der Waals surface area contributed by atoms with Crippen LogP contribution in [0.25, 0.3) is 0 Å². The minimum absolute atomic E-state index is 0.00426. The van der Waals surface area contributed by atoms with Crippen molar-refractivity contribution in [3.05, 3.63) is 64.1 Å². The van der Waals surface area contributed by atoms with E-state index in [1.165, 1.54) is 24.3 Å². The van der Waals surface area contributed by atoms with Crippen molar-refractivity contribution in [2.45, 2.75) is 36.6 Å². The second-order valence-corrected chi connectivity index (χ2v) is 9.39. The largest absolute Gasteiger partial charge is 0.424 e. The van der Waals surface area contributed by atoms with Crippen LogP contribution in [0.2, 0.25) is 10.0 Å². The Hall–Kier alpha value is -1.76. The van der Waals surface area contributed by atoms with E-state index in [4.69, 9.17) is 27.9 Å². The standard InChI is InChI=1S/C18H19Cl2NO4S/c1-18(2,3)21-17(22)25-16(13-10-7-11-14(19)15(13)20)26(23,24)12-8-5-4-6-9-12/h4-11,16H,1-3H3,(H,21,22). The van der Waals surface area contributed by atoms with Gasteiger partial charge in [0.15, 0.2) is 0 Å². The summed E-state index contributed by atoms with van der Waals surface area (Å²) in [6.45, 7) is 5.25. The van der Waals surface area contributed by atoms with E-state index in [-0.39, 0.29) is 20.5 Å². The van der Waals surface area contributed by atoms with Crippen LogP contribution in [0.1, 0.15) is 31.8 Å². The lowest BCUT2D eigenvalue weighted by Gasteiger charge is -2.24. The molecule has 26 heavy (non-hydrogen) atoms. The van der Waals surface area contributed by atoms with Gasteiger partial charge in [-0.15, -0.1) is 0 Å². The highest BCUT2D eigenvalue weighted by Gasteiger charge is 2.35. The topological polar surface area (TPSA) is 72.5 Å². The normalized spacial score (nSPS) is 13.1. The molecule has 0 fully saturated rings. The fourth-order valence-corrected chi connectivity index (χ4v) is 4.16.